The molecule has 2 aromatic carbocycles. The van der Waals surface area contributed by atoms with Crippen LogP contribution in [0.25, 0.3) is 32.7 Å². The summed E-state index contributed by atoms with van der Waals surface area (Å²) >= 11 is 0. The standard InChI is InChI=1S/C28H24N4O8/c33-9-7-31-25(36)16-5-6-17-23-22(16)18(27(31)38)11-19(24(23)28(39)32(8-10-34)26(17)37)29-12-21(35)30-15-3-1-14(2-4-15)20-13-40-20/h1-6,11,20,33-34,37H,7-10,12-13H2,(H,30,35). The highest BCUT2D eigenvalue weighted by atomic mass is 16.6. The summed E-state index contributed by atoms with van der Waals surface area (Å²) < 4.78 is 7.13. The van der Waals surface area contributed by atoms with Crippen LogP contribution < -0.4 is 27.4 Å². The fraction of sp³-hybridized carbons (Fsp3) is 0.250. The van der Waals surface area contributed by atoms with Crippen LogP contribution >= 0.6 is 0 Å². The lowest BCUT2D eigenvalue weighted by Crippen LogP contribution is -2.37. The number of hydrogen-bond acceptors (Lipinski definition) is 9. The first-order chi connectivity index (χ1) is 19.3. The number of aliphatic hydroxyl groups is 2. The van der Waals surface area contributed by atoms with E-state index in [1.165, 1.54) is 18.2 Å². The Kier molecular flexibility index (Phi) is 6.29. The van der Waals surface area contributed by atoms with Crippen LogP contribution in [0.5, 0.6) is 5.88 Å². The highest BCUT2D eigenvalue weighted by Gasteiger charge is 2.27. The third-order valence-corrected chi connectivity index (χ3v) is 7.11. The fourth-order valence-electron chi connectivity index (χ4n) is 5.17. The van der Waals surface area contributed by atoms with Gasteiger partial charge in [-0.3, -0.25) is 33.3 Å². The number of nitrogens with zero attached hydrogens (tertiary/aromatic N) is 3. The van der Waals surface area contributed by atoms with E-state index in [1.54, 1.807) is 12.1 Å². The first kappa shape index (κ1) is 25.6. The first-order valence-electron chi connectivity index (χ1n) is 12.6. The maximum absolute atomic E-state index is 13.6. The van der Waals surface area contributed by atoms with Crippen molar-refractivity contribution < 1.29 is 24.9 Å². The molecule has 1 unspecified atom stereocenters. The average Bonchev–Trinajstić information content (AvgIpc) is 3.80. The second-order valence-corrected chi connectivity index (χ2v) is 9.53. The van der Waals surface area contributed by atoms with E-state index in [2.05, 4.69) is 10.3 Å². The molecule has 1 aliphatic carbocycles. The summed E-state index contributed by atoms with van der Waals surface area (Å²) in [5.74, 6) is -0.907. The molecule has 3 aromatic rings. The molecule has 6 rings (SSSR count). The van der Waals surface area contributed by atoms with E-state index in [-0.39, 0.29) is 57.2 Å². The Morgan fingerprint density at radius 2 is 1.60 bits per heavy atom. The van der Waals surface area contributed by atoms with Gasteiger partial charge in [0, 0.05) is 27.4 Å². The molecule has 1 amide bonds. The number of amides is 1. The number of epoxide rings is 1. The van der Waals surface area contributed by atoms with Crippen LogP contribution in [0.3, 0.4) is 0 Å². The molecule has 40 heavy (non-hydrogen) atoms. The zero-order chi connectivity index (χ0) is 28.1. The van der Waals surface area contributed by atoms with Gasteiger partial charge in [0.1, 0.15) is 12.6 Å². The molecular weight excluding hydrogens is 520 g/mol. The van der Waals surface area contributed by atoms with Crippen LogP contribution in [0.2, 0.25) is 0 Å². The first-order valence-corrected chi connectivity index (χ1v) is 12.6. The molecule has 0 radical (unpaired) electrons. The maximum Gasteiger partial charge on any atom is 0.263 e. The van der Waals surface area contributed by atoms with E-state index in [0.29, 0.717) is 12.3 Å². The number of pyridine rings is 2. The smallest absolute Gasteiger partial charge is 0.263 e. The van der Waals surface area contributed by atoms with Gasteiger partial charge in [-0.2, -0.15) is 0 Å². The minimum atomic E-state index is -0.697. The molecule has 1 aromatic heterocycles. The van der Waals surface area contributed by atoms with E-state index in [0.717, 1.165) is 14.7 Å². The molecule has 3 aliphatic rings. The van der Waals surface area contributed by atoms with Crippen molar-refractivity contribution in [1.29, 1.82) is 0 Å². The van der Waals surface area contributed by atoms with E-state index in [9.17, 15) is 34.5 Å². The lowest BCUT2D eigenvalue weighted by Gasteiger charge is -2.19. The number of carbonyl (C=O) groups is 1. The molecule has 2 aliphatic heterocycles. The predicted molar refractivity (Wildman–Crippen MR) is 145 cm³/mol. The predicted octanol–water partition coefficient (Wildman–Crippen LogP) is -0.0421. The van der Waals surface area contributed by atoms with Crippen molar-refractivity contribution in [3.05, 3.63) is 84.4 Å². The lowest BCUT2D eigenvalue weighted by molar-refractivity contribution is -0.114. The molecule has 3 heterocycles. The van der Waals surface area contributed by atoms with Gasteiger partial charge in [-0.05, 0) is 35.9 Å². The lowest BCUT2D eigenvalue weighted by atomic mass is 9.90. The highest BCUT2D eigenvalue weighted by Crippen LogP contribution is 2.36. The van der Waals surface area contributed by atoms with Gasteiger partial charge in [0.2, 0.25) is 11.8 Å². The molecule has 1 fully saturated rings. The summed E-state index contributed by atoms with van der Waals surface area (Å²) in [5.41, 5.74) is -0.244. The highest BCUT2D eigenvalue weighted by molar-refractivity contribution is 6.15. The van der Waals surface area contributed by atoms with E-state index in [4.69, 9.17) is 4.74 Å². The Morgan fingerprint density at radius 3 is 2.27 bits per heavy atom. The van der Waals surface area contributed by atoms with Crippen molar-refractivity contribution in [2.45, 2.75) is 19.2 Å². The van der Waals surface area contributed by atoms with Crippen LogP contribution in [0.4, 0.5) is 5.69 Å². The number of hydrogen-bond donors (Lipinski definition) is 4. The van der Waals surface area contributed by atoms with Crippen molar-refractivity contribution >= 4 is 33.1 Å². The number of rotatable bonds is 8. The molecule has 4 N–H and O–H groups in total. The molecule has 1 atom stereocenters. The van der Waals surface area contributed by atoms with Crippen molar-refractivity contribution in [2.75, 3.05) is 31.7 Å². The van der Waals surface area contributed by atoms with Crippen LogP contribution in [-0.4, -0.2) is 56.7 Å². The normalized spacial score (nSPS) is 15.4. The molecule has 12 nitrogen and oxygen atoms in total. The number of benzene rings is 3. The van der Waals surface area contributed by atoms with Crippen molar-refractivity contribution in [2.24, 2.45) is 4.99 Å². The number of ether oxygens (including phenoxy) is 1. The number of aromatic nitrogens is 2. The van der Waals surface area contributed by atoms with Crippen LogP contribution in [0.15, 0.2) is 61.8 Å². The third kappa shape index (κ3) is 4.09. The Bertz CT molecular complexity index is 1980. The quantitative estimate of drug-likeness (QED) is 0.155. The monoisotopic (exact) mass is 544 g/mol. The Hall–Kier alpha value is -4.65. The SMILES string of the molecule is O=C(CN=c1cc2c(=O)n(CCO)c(=O)c3ccc4c(O)n(CCO)c(=O)c1c4c3-2)Nc1ccc(C2CO2)cc1. The fourth-order valence-corrected chi connectivity index (χ4v) is 5.17. The second-order valence-electron chi connectivity index (χ2n) is 9.53. The summed E-state index contributed by atoms with van der Waals surface area (Å²) in [6, 6.07) is 11.4. The number of anilines is 1. The molecule has 204 valence electrons. The van der Waals surface area contributed by atoms with Gasteiger partial charge in [0.15, 0.2) is 0 Å². The Balaban J connectivity index is 1.54. The minimum absolute atomic E-state index is 0.000329. The summed E-state index contributed by atoms with van der Waals surface area (Å²) in [6.45, 7) is -1.04. The molecule has 1 saturated heterocycles. The number of aliphatic hydroxyl groups excluding tert-OH is 2. The van der Waals surface area contributed by atoms with Gasteiger partial charge in [0.25, 0.3) is 16.7 Å². The van der Waals surface area contributed by atoms with Gasteiger partial charge >= 0.3 is 0 Å². The Morgan fingerprint density at radius 1 is 0.925 bits per heavy atom. The van der Waals surface area contributed by atoms with Crippen LogP contribution in [-0.2, 0) is 22.6 Å². The van der Waals surface area contributed by atoms with E-state index < -0.39 is 48.2 Å². The van der Waals surface area contributed by atoms with Crippen LogP contribution in [0.1, 0.15) is 11.7 Å². The summed E-state index contributed by atoms with van der Waals surface area (Å²) in [5, 5.41) is 33.1. The van der Waals surface area contributed by atoms with Gasteiger partial charge < -0.3 is 25.4 Å². The summed E-state index contributed by atoms with van der Waals surface area (Å²) in [4.78, 5) is 57.2. The maximum atomic E-state index is 13.6. The van der Waals surface area contributed by atoms with E-state index in [1.807, 2.05) is 12.1 Å². The zero-order valence-corrected chi connectivity index (χ0v) is 21.1. The molecule has 0 saturated carbocycles. The number of nitrogens with one attached hydrogen (secondary N) is 1. The zero-order valence-electron chi connectivity index (χ0n) is 21.1. The topological polar surface area (TPSA) is 176 Å². The van der Waals surface area contributed by atoms with Crippen molar-refractivity contribution in [1.82, 2.24) is 9.13 Å². The molecular formula is C28H24N4O8. The third-order valence-electron chi connectivity index (χ3n) is 7.11. The Labute approximate surface area is 224 Å². The minimum Gasteiger partial charge on any atom is -0.494 e. The second kappa shape index (κ2) is 9.83. The van der Waals surface area contributed by atoms with Gasteiger partial charge in [-0.1, -0.05) is 12.1 Å². The molecule has 0 spiro atoms. The van der Waals surface area contributed by atoms with E-state index >= 15 is 0 Å². The average molecular weight is 545 g/mol. The number of carbonyl (C=O) groups excluding carboxylic acids is 1. The largest absolute Gasteiger partial charge is 0.494 e. The van der Waals surface area contributed by atoms with Gasteiger partial charge in [0.05, 0.1) is 49.2 Å². The van der Waals surface area contributed by atoms with Crippen molar-refractivity contribution in [3.8, 4) is 17.0 Å². The van der Waals surface area contributed by atoms with Crippen molar-refractivity contribution in [3.63, 3.8) is 0 Å². The molecule has 0 bridgehead atoms. The summed E-state index contributed by atoms with van der Waals surface area (Å²) in [7, 11) is 0. The van der Waals surface area contributed by atoms with Crippen LogP contribution in [0, 0.1) is 0 Å². The number of aromatic hydroxyl groups is 1. The summed E-state index contributed by atoms with van der Waals surface area (Å²) in [6.07, 6.45) is 0.0852. The van der Waals surface area contributed by atoms with Gasteiger partial charge in [-0.25, -0.2) is 0 Å². The molecule has 12 heteroatoms. The van der Waals surface area contributed by atoms with Gasteiger partial charge in [-0.15, -0.1) is 0 Å².